The van der Waals surface area contributed by atoms with Gasteiger partial charge in [-0.2, -0.15) is 0 Å². The van der Waals surface area contributed by atoms with Crippen molar-refractivity contribution < 1.29 is 14.6 Å². The second kappa shape index (κ2) is 7.24. The number of aliphatic hydroxyl groups excluding tert-OH is 1. The minimum absolute atomic E-state index is 0.127. The van der Waals surface area contributed by atoms with Gasteiger partial charge in [-0.05, 0) is 20.3 Å². The minimum Gasteiger partial charge on any atom is -0.396 e. The highest BCUT2D eigenvalue weighted by atomic mass is 32.2. The number of aliphatic hydroxyl groups is 1. The topological polar surface area (TPSA) is 49.8 Å². The van der Waals surface area contributed by atoms with Crippen molar-refractivity contribution in [3.05, 3.63) is 0 Å². The van der Waals surface area contributed by atoms with Crippen LogP contribution in [0.4, 0.5) is 0 Å². The first-order chi connectivity index (χ1) is 8.02. The van der Waals surface area contributed by atoms with E-state index in [1.165, 1.54) is 0 Å². The summed E-state index contributed by atoms with van der Waals surface area (Å²) in [6.45, 7) is 7.61. The van der Waals surface area contributed by atoms with Crippen LogP contribution in [0, 0.1) is 0 Å². The molecule has 0 aromatic carbocycles. The molecule has 1 amide bonds. The first-order valence-electron chi connectivity index (χ1n) is 6.18. The number of carbonyl (C=O) groups excluding carboxylic acids is 1. The molecule has 100 valence electrons. The average Bonchev–Trinajstić information content (AvgIpc) is 2.25. The molecule has 0 spiro atoms. The quantitative estimate of drug-likeness (QED) is 0.806. The van der Waals surface area contributed by atoms with Gasteiger partial charge in [-0.25, -0.2) is 0 Å². The van der Waals surface area contributed by atoms with Gasteiger partial charge in [-0.3, -0.25) is 4.79 Å². The molecule has 1 fully saturated rings. The Morgan fingerprint density at radius 3 is 2.59 bits per heavy atom. The number of thioether (sulfide) groups is 1. The summed E-state index contributed by atoms with van der Waals surface area (Å²) in [6.07, 6.45) is 0.999. The monoisotopic (exact) mass is 261 g/mol. The number of carbonyl (C=O) groups is 1. The number of amides is 1. The van der Waals surface area contributed by atoms with Crippen LogP contribution in [0.25, 0.3) is 0 Å². The maximum Gasteiger partial charge on any atom is 0.232 e. The van der Waals surface area contributed by atoms with E-state index in [1.807, 2.05) is 25.7 Å². The molecule has 1 aliphatic heterocycles. The SMILES string of the molecule is CC1CN(C(=O)CSC(C)CCO)CC(C)O1. The highest BCUT2D eigenvalue weighted by Gasteiger charge is 2.25. The molecule has 0 bridgehead atoms. The Morgan fingerprint density at radius 1 is 1.47 bits per heavy atom. The molecule has 3 atom stereocenters. The van der Waals surface area contributed by atoms with Crippen molar-refractivity contribution in [1.82, 2.24) is 4.90 Å². The smallest absolute Gasteiger partial charge is 0.232 e. The van der Waals surface area contributed by atoms with E-state index in [-0.39, 0.29) is 24.7 Å². The summed E-state index contributed by atoms with van der Waals surface area (Å²) in [5.41, 5.74) is 0. The van der Waals surface area contributed by atoms with Gasteiger partial charge in [0.05, 0.1) is 18.0 Å². The van der Waals surface area contributed by atoms with Crippen molar-refractivity contribution in [3.63, 3.8) is 0 Å². The molecule has 3 unspecified atom stereocenters. The molecule has 0 radical (unpaired) electrons. The summed E-state index contributed by atoms with van der Waals surface area (Å²) in [5, 5.41) is 9.13. The van der Waals surface area contributed by atoms with E-state index in [4.69, 9.17) is 9.84 Å². The van der Waals surface area contributed by atoms with Gasteiger partial charge in [0.15, 0.2) is 0 Å². The fraction of sp³-hybridized carbons (Fsp3) is 0.917. The summed E-state index contributed by atoms with van der Waals surface area (Å²) >= 11 is 1.61. The number of rotatable bonds is 5. The van der Waals surface area contributed by atoms with Crippen LogP contribution in [-0.2, 0) is 9.53 Å². The lowest BCUT2D eigenvalue weighted by molar-refractivity contribution is -0.140. The average molecular weight is 261 g/mol. The summed E-state index contributed by atoms with van der Waals surface area (Å²) in [4.78, 5) is 13.9. The predicted octanol–water partition coefficient (Wildman–Crippen LogP) is 1.13. The molecular weight excluding hydrogens is 238 g/mol. The molecule has 1 aliphatic rings. The molecule has 0 aliphatic carbocycles. The van der Waals surface area contributed by atoms with Crippen molar-refractivity contribution in [2.45, 2.75) is 44.6 Å². The second-order valence-corrected chi connectivity index (χ2v) is 6.12. The lowest BCUT2D eigenvalue weighted by Gasteiger charge is -2.35. The Labute approximate surface area is 108 Å². The molecule has 1 rings (SSSR count). The van der Waals surface area contributed by atoms with Gasteiger partial charge in [0.1, 0.15) is 0 Å². The second-order valence-electron chi connectivity index (χ2n) is 4.69. The lowest BCUT2D eigenvalue weighted by atomic mass is 10.2. The number of morpholine rings is 1. The van der Waals surface area contributed by atoms with Crippen molar-refractivity contribution in [2.75, 3.05) is 25.4 Å². The zero-order chi connectivity index (χ0) is 12.8. The molecule has 0 saturated carbocycles. The first-order valence-corrected chi connectivity index (χ1v) is 7.23. The number of hydrogen-bond acceptors (Lipinski definition) is 4. The molecule has 0 aromatic rings. The third-order valence-corrected chi connectivity index (χ3v) is 4.02. The molecule has 4 nitrogen and oxygen atoms in total. The van der Waals surface area contributed by atoms with Crippen LogP contribution < -0.4 is 0 Å². The zero-order valence-corrected chi connectivity index (χ0v) is 11.7. The number of nitrogens with zero attached hydrogens (tertiary/aromatic N) is 1. The van der Waals surface area contributed by atoms with Crippen molar-refractivity contribution in [2.24, 2.45) is 0 Å². The molecule has 1 saturated heterocycles. The van der Waals surface area contributed by atoms with E-state index >= 15 is 0 Å². The first kappa shape index (κ1) is 14.8. The molecule has 1 N–H and O–H groups in total. The van der Waals surface area contributed by atoms with E-state index < -0.39 is 0 Å². The zero-order valence-electron chi connectivity index (χ0n) is 10.9. The summed E-state index contributed by atoms with van der Waals surface area (Å²) in [5.74, 6) is 0.683. The van der Waals surface area contributed by atoms with Crippen molar-refractivity contribution in [3.8, 4) is 0 Å². The highest BCUT2D eigenvalue weighted by molar-refractivity contribution is 8.00. The van der Waals surface area contributed by atoms with E-state index in [0.717, 1.165) is 6.42 Å². The Bertz CT molecular complexity index is 240. The fourth-order valence-corrected chi connectivity index (χ4v) is 2.83. The number of ether oxygens (including phenoxy) is 1. The Kier molecular flexibility index (Phi) is 6.30. The molecule has 1 heterocycles. The summed E-state index contributed by atoms with van der Waals surface area (Å²) in [7, 11) is 0. The summed E-state index contributed by atoms with van der Waals surface area (Å²) < 4.78 is 5.60. The fourth-order valence-electron chi connectivity index (χ4n) is 1.95. The molecule has 0 aromatic heterocycles. The van der Waals surface area contributed by atoms with Crippen LogP contribution in [0.3, 0.4) is 0 Å². The van der Waals surface area contributed by atoms with Gasteiger partial charge in [0.25, 0.3) is 0 Å². The van der Waals surface area contributed by atoms with Crippen LogP contribution >= 0.6 is 11.8 Å². The van der Waals surface area contributed by atoms with Gasteiger partial charge in [0.2, 0.25) is 5.91 Å². The lowest BCUT2D eigenvalue weighted by Crippen LogP contribution is -2.48. The maximum atomic E-state index is 12.0. The van der Waals surface area contributed by atoms with Gasteiger partial charge in [-0.15, -0.1) is 11.8 Å². The van der Waals surface area contributed by atoms with E-state index in [2.05, 4.69) is 0 Å². The van der Waals surface area contributed by atoms with E-state index in [1.54, 1.807) is 11.8 Å². The van der Waals surface area contributed by atoms with E-state index in [9.17, 15) is 4.79 Å². The number of hydrogen-bond donors (Lipinski definition) is 1. The maximum absolute atomic E-state index is 12.0. The van der Waals surface area contributed by atoms with Crippen LogP contribution in [0.15, 0.2) is 0 Å². The third-order valence-electron chi connectivity index (χ3n) is 2.80. The van der Waals surface area contributed by atoms with Gasteiger partial charge >= 0.3 is 0 Å². The Morgan fingerprint density at radius 2 is 2.06 bits per heavy atom. The van der Waals surface area contributed by atoms with Crippen molar-refractivity contribution in [1.29, 1.82) is 0 Å². The van der Waals surface area contributed by atoms with E-state index in [0.29, 0.717) is 24.1 Å². The molecule has 5 heteroatoms. The Hall–Kier alpha value is -0.260. The molecular formula is C12H23NO3S. The molecule has 17 heavy (non-hydrogen) atoms. The minimum atomic E-state index is 0.127. The highest BCUT2D eigenvalue weighted by Crippen LogP contribution is 2.16. The van der Waals surface area contributed by atoms with Crippen LogP contribution in [0.1, 0.15) is 27.2 Å². The predicted molar refractivity (Wildman–Crippen MR) is 70.2 cm³/mol. The largest absolute Gasteiger partial charge is 0.396 e. The van der Waals surface area contributed by atoms with Gasteiger partial charge in [0, 0.05) is 24.9 Å². The standard InChI is InChI=1S/C12H23NO3S/c1-9-6-13(7-10(2)16-9)12(15)8-17-11(3)4-5-14/h9-11,14H,4-8H2,1-3H3. The third kappa shape index (κ3) is 5.27. The Balaban J connectivity index is 2.31. The van der Waals surface area contributed by atoms with Crippen LogP contribution in [-0.4, -0.2) is 58.8 Å². The van der Waals surface area contributed by atoms with Gasteiger partial charge in [-0.1, -0.05) is 6.92 Å². The van der Waals surface area contributed by atoms with Gasteiger partial charge < -0.3 is 14.7 Å². The van der Waals surface area contributed by atoms with Crippen LogP contribution in [0.5, 0.6) is 0 Å². The van der Waals surface area contributed by atoms with Crippen molar-refractivity contribution >= 4 is 17.7 Å². The van der Waals surface area contributed by atoms with Crippen LogP contribution in [0.2, 0.25) is 0 Å². The normalized spacial score (nSPS) is 26.9. The summed E-state index contributed by atoms with van der Waals surface area (Å²) in [6, 6.07) is 0.